The molecular weight excluding hydrogens is 360 g/mol. The molecule has 4 amide bonds. The second-order valence-corrected chi connectivity index (χ2v) is 8.16. The Kier molecular flexibility index (Phi) is 5.60. The molecule has 1 aromatic carbocycles. The number of anilines is 1. The van der Waals surface area contributed by atoms with Gasteiger partial charge in [-0.3, -0.25) is 14.6 Å². The highest BCUT2D eigenvalue weighted by Crippen LogP contribution is 2.25. The van der Waals surface area contributed by atoms with Crippen LogP contribution in [0.3, 0.4) is 0 Å². The third-order valence-corrected chi connectivity index (χ3v) is 4.85. The van der Waals surface area contributed by atoms with Crippen LogP contribution < -0.4 is 4.90 Å². The number of carbonyl (C=O) groups excluding carboxylic acids is 3. The van der Waals surface area contributed by atoms with Crippen LogP contribution in [0.1, 0.15) is 27.7 Å². The standard InChI is InChI=1S/C20H28N4O4/c1-15-17(25)23(18(26)24(15)16-8-6-5-7-9-16)14-21-10-12-22(13-11-21)19(27)28-20(2,3)4/h5-9,15H,10-14H2,1-4H3/t15-/m1/s1. The van der Waals surface area contributed by atoms with Crippen LogP contribution in [0, 0.1) is 0 Å². The molecule has 1 aromatic rings. The predicted octanol–water partition coefficient (Wildman–Crippen LogP) is 2.35. The van der Waals surface area contributed by atoms with E-state index >= 15 is 0 Å². The molecule has 2 aliphatic heterocycles. The molecule has 0 radical (unpaired) electrons. The van der Waals surface area contributed by atoms with Gasteiger partial charge in [-0.1, -0.05) is 18.2 Å². The van der Waals surface area contributed by atoms with E-state index in [9.17, 15) is 14.4 Å². The maximum Gasteiger partial charge on any atom is 0.410 e. The van der Waals surface area contributed by atoms with Crippen molar-refractivity contribution in [3.8, 4) is 0 Å². The van der Waals surface area contributed by atoms with Crippen LogP contribution in [0.25, 0.3) is 0 Å². The lowest BCUT2D eigenvalue weighted by molar-refractivity contribution is -0.128. The van der Waals surface area contributed by atoms with E-state index in [1.54, 1.807) is 11.8 Å². The van der Waals surface area contributed by atoms with Gasteiger partial charge in [-0.15, -0.1) is 0 Å². The van der Waals surface area contributed by atoms with Crippen LogP contribution in [0.4, 0.5) is 15.3 Å². The molecule has 0 spiro atoms. The van der Waals surface area contributed by atoms with E-state index < -0.39 is 11.6 Å². The molecule has 0 unspecified atom stereocenters. The Balaban J connectivity index is 1.58. The molecule has 0 aromatic heterocycles. The quantitative estimate of drug-likeness (QED) is 0.743. The predicted molar refractivity (Wildman–Crippen MR) is 105 cm³/mol. The van der Waals surface area contributed by atoms with E-state index in [4.69, 9.17) is 4.74 Å². The number of piperazine rings is 1. The average Bonchev–Trinajstić information content (AvgIpc) is 2.85. The zero-order valence-corrected chi connectivity index (χ0v) is 16.9. The van der Waals surface area contributed by atoms with Crippen LogP contribution in [0.5, 0.6) is 0 Å². The van der Waals surface area contributed by atoms with Crippen LogP contribution in [0.15, 0.2) is 30.3 Å². The topological polar surface area (TPSA) is 73.4 Å². The summed E-state index contributed by atoms with van der Waals surface area (Å²) in [5, 5.41) is 0. The Morgan fingerprint density at radius 1 is 1.07 bits per heavy atom. The number of ether oxygens (including phenoxy) is 1. The molecule has 2 heterocycles. The molecule has 2 saturated heterocycles. The van der Waals surface area contributed by atoms with Crippen molar-refractivity contribution in [1.82, 2.24) is 14.7 Å². The highest BCUT2D eigenvalue weighted by Gasteiger charge is 2.44. The van der Waals surface area contributed by atoms with Crippen molar-refractivity contribution in [1.29, 1.82) is 0 Å². The summed E-state index contributed by atoms with van der Waals surface area (Å²) in [5.74, 6) is -0.205. The number of benzene rings is 1. The van der Waals surface area contributed by atoms with Crippen molar-refractivity contribution < 1.29 is 19.1 Å². The lowest BCUT2D eigenvalue weighted by Crippen LogP contribution is -2.53. The van der Waals surface area contributed by atoms with Crippen molar-refractivity contribution >= 4 is 23.7 Å². The molecule has 2 fully saturated rings. The number of imide groups is 1. The van der Waals surface area contributed by atoms with E-state index in [0.717, 1.165) is 0 Å². The van der Waals surface area contributed by atoms with E-state index in [2.05, 4.69) is 0 Å². The van der Waals surface area contributed by atoms with Gasteiger partial charge in [0.15, 0.2) is 0 Å². The number of hydrogen-bond donors (Lipinski definition) is 0. The summed E-state index contributed by atoms with van der Waals surface area (Å²) in [6.07, 6.45) is -0.329. The molecule has 28 heavy (non-hydrogen) atoms. The normalized spacial score (nSPS) is 21.4. The fourth-order valence-electron chi connectivity index (χ4n) is 3.38. The Hall–Kier alpha value is -2.61. The van der Waals surface area contributed by atoms with Crippen LogP contribution in [-0.2, 0) is 9.53 Å². The molecule has 8 nitrogen and oxygen atoms in total. The summed E-state index contributed by atoms with van der Waals surface area (Å²) >= 11 is 0. The van der Waals surface area contributed by atoms with Gasteiger partial charge >= 0.3 is 12.1 Å². The summed E-state index contributed by atoms with van der Waals surface area (Å²) in [7, 11) is 0. The van der Waals surface area contributed by atoms with E-state index in [-0.39, 0.29) is 24.7 Å². The van der Waals surface area contributed by atoms with Crippen molar-refractivity contribution in [3.63, 3.8) is 0 Å². The number of rotatable bonds is 3. The van der Waals surface area contributed by atoms with Crippen LogP contribution in [0.2, 0.25) is 0 Å². The minimum atomic E-state index is -0.530. The third-order valence-electron chi connectivity index (χ3n) is 4.85. The maximum atomic E-state index is 12.8. The lowest BCUT2D eigenvalue weighted by atomic mass is 10.2. The summed E-state index contributed by atoms with van der Waals surface area (Å²) in [6.45, 7) is 9.65. The number of urea groups is 1. The number of amides is 4. The van der Waals surface area contributed by atoms with E-state index in [1.165, 1.54) is 9.80 Å². The fraction of sp³-hybridized carbons (Fsp3) is 0.550. The first-order chi connectivity index (χ1) is 13.2. The van der Waals surface area contributed by atoms with Gasteiger partial charge in [0.2, 0.25) is 0 Å². The number of nitrogens with zero attached hydrogens (tertiary/aromatic N) is 4. The van der Waals surface area contributed by atoms with Gasteiger partial charge in [-0.25, -0.2) is 14.5 Å². The van der Waals surface area contributed by atoms with Crippen molar-refractivity contribution in [3.05, 3.63) is 30.3 Å². The molecule has 152 valence electrons. The Morgan fingerprint density at radius 3 is 2.25 bits per heavy atom. The molecule has 8 heteroatoms. The highest BCUT2D eigenvalue weighted by atomic mass is 16.6. The largest absolute Gasteiger partial charge is 0.444 e. The molecule has 0 bridgehead atoms. The zero-order valence-electron chi connectivity index (χ0n) is 16.9. The van der Waals surface area contributed by atoms with Crippen molar-refractivity contribution in [2.24, 2.45) is 0 Å². The number of hydrogen-bond acceptors (Lipinski definition) is 5. The highest BCUT2D eigenvalue weighted by molar-refractivity contribution is 6.14. The average molecular weight is 388 g/mol. The van der Waals surface area contributed by atoms with Crippen LogP contribution in [-0.4, -0.2) is 77.2 Å². The molecule has 1 atom stereocenters. The van der Waals surface area contributed by atoms with Crippen molar-refractivity contribution in [2.45, 2.75) is 39.3 Å². The van der Waals surface area contributed by atoms with Crippen molar-refractivity contribution in [2.75, 3.05) is 37.7 Å². The minimum Gasteiger partial charge on any atom is -0.444 e. The number of carbonyl (C=O) groups is 3. The van der Waals surface area contributed by atoms with Gasteiger partial charge in [0.05, 0.1) is 6.67 Å². The van der Waals surface area contributed by atoms with Gasteiger partial charge in [0, 0.05) is 31.9 Å². The monoisotopic (exact) mass is 388 g/mol. The van der Waals surface area contributed by atoms with E-state index in [0.29, 0.717) is 31.9 Å². The van der Waals surface area contributed by atoms with Gasteiger partial charge < -0.3 is 9.64 Å². The van der Waals surface area contributed by atoms with Crippen LogP contribution >= 0.6 is 0 Å². The second kappa shape index (κ2) is 7.79. The molecular formula is C20H28N4O4. The maximum absolute atomic E-state index is 12.8. The molecule has 0 N–H and O–H groups in total. The molecule has 0 saturated carbocycles. The van der Waals surface area contributed by atoms with Gasteiger partial charge in [-0.05, 0) is 39.8 Å². The first kappa shape index (κ1) is 20.1. The Morgan fingerprint density at radius 2 is 1.68 bits per heavy atom. The SMILES string of the molecule is C[C@@H]1C(=O)N(CN2CCN(C(=O)OC(C)(C)C)CC2)C(=O)N1c1ccccc1. The minimum absolute atomic E-state index is 0.205. The fourth-order valence-corrected chi connectivity index (χ4v) is 3.38. The summed E-state index contributed by atoms with van der Waals surface area (Å²) in [6, 6.07) is 8.38. The van der Waals surface area contributed by atoms with Gasteiger partial charge in [0.25, 0.3) is 5.91 Å². The number of para-hydroxylation sites is 1. The van der Waals surface area contributed by atoms with Gasteiger partial charge in [-0.2, -0.15) is 0 Å². The lowest BCUT2D eigenvalue weighted by Gasteiger charge is -2.36. The molecule has 3 rings (SSSR count). The zero-order chi connectivity index (χ0) is 20.5. The Labute approximate surface area is 165 Å². The summed E-state index contributed by atoms with van der Waals surface area (Å²) in [5.41, 5.74) is 0.185. The Bertz CT molecular complexity index is 738. The first-order valence-electron chi connectivity index (χ1n) is 9.57. The third kappa shape index (κ3) is 4.27. The second-order valence-electron chi connectivity index (χ2n) is 8.16. The summed E-state index contributed by atoms with van der Waals surface area (Å²) < 4.78 is 5.40. The van der Waals surface area contributed by atoms with Gasteiger partial charge in [0.1, 0.15) is 11.6 Å². The van der Waals surface area contributed by atoms with E-state index in [1.807, 2.05) is 56.0 Å². The molecule has 2 aliphatic rings. The summed E-state index contributed by atoms with van der Waals surface area (Å²) in [4.78, 5) is 44.2. The molecule has 0 aliphatic carbocycles. The smallest absolute Gasteiger partial charge is 0.410 e. The first-order valence-corrected chi connectivity index (χ1v) is 9.57.